The van der Waals surface area contributed by atoms with Crippen LogP contribution in [0.2, 0.25) is 0 Å². The Morgan fingerprint density at radius 1 is 0.868 bits per heavy atom. The maximum atomic E-state index is 6.54. The number of hydrazone groups is 1. The molecular formula is C32H37BrN2O3. The molecule has 2 atom stereocenters. The SMILES string of the molecule is CCCCCCCCOc1ccc(C2Oc3ccc(Br)cc3C3CC(c4ccc(OCC)cc4)=NN32)cc1. The molecule has 3 aromatic rings. The van der Waals surface area contributed by atoms with Crippen molar-refractivity contribution in [3.05, 3.63) is 87.9 Å². The molecule has 0 bridgehead atoms. The van der Waals surface area contributed by atoms with Gasteiger partial charge in [0.25, 0.3) is 0 Å². The Bertz CT molecular complexity index is 1230. The van der Waals surface area contributed by atoms with Gasteiger partial charge in [-0.05, 0) is 85.6 Å². The molecule has 0 aromatic heterocycles. The molecule has 0 N–H and O–H groups in total. The Balaban J connectivity index is 1.32. The lowest BCUT2D eigenvalue weighted by atomic mass is 9.96. The van der Waals surface area contributed by atoms with Crippen molar-refractivity contribution in [3.63, 3.8) is 0 Å². The van der Waals surface area contributed by atoms with Crippen molar-refractivity contribution in [2.75, 3.05) is 13.2 Å². The van der Waals surface area contributed by atoms with E-state index in [0.29, 0.717) is 6.61 Å². The van der Waals surface area contributed by atoms with Gasteiger partial charge in [-0.3, -0.25) is 0 Å². The van der Waals surface area contributed by atoms with Gasteiger partial charge in [0.2, 0.25) is 6.23 Å². The fourth-order valence-electron chi connectivity index (χ4n) is 5.16. The minimum atomic E-state index is -0.304. The highest BCUT2D eigenvalue weighted by atomic mass is 79.9. The Hall–Kier alpha value is -2.99. The topological polar surface area (TPSA) is 43.3 Å². The molecule has 2 heterocycles. The first kappa shape index (κ1) is 26.6. The summed E-state index contributed by atoms with van der Waals surface area (Å²) >= 11 is 3.64. The van der Waals surface area contributed by atoms with E-state index >= 15 is 0 Å². The van der Waals surface area contributed by atoms with Crippen LogP contribution in [0.3, 0.4) is 0 Å². The van der Waals surface area contributed by atoms with Crippen LogP contribution >= 0.6 is 15.9 Å². The van der Waals surface area contributed by atoms with E-state index in [1.165, 1.54) is 32.1 Å². The molecule has 0 spiro atoms. The largest absolute Gasteiger partial charge is 0.494 e. The summed E-state index contributed by atoms with van der Waals surface area (Å²) in [5.74, 6) is 2.69. The van der Waals surface area contributed by atoms with Gasteiger partial charge < -0.3 is 14.2 Å². The van der Waals surface area contributed by atoms with Crippen LogP contribution in [-0.2, 0) is 0 Å². The Morgan fingerprint density at radius 3 is 2.34 bits per heavy atom. The van der Waals surface area contributed by atoms with E-state index in [-0.39, 0.29) is 12.3 Å². The quantitative estimate of drug-likeness (QED) is 0.202. The third-order valence-electron chi connectivity index (χ3n) is 7.18. The fraction of sp³-hybridized carbons (Fsp3) is 0.406. The molecule has 2 unspecified atom stereocenters. The highest BCUT2D eigenvalue weighted by molar-refractivity contribution is 9.10. The molecule has 2 aliphatic rings. The van der Waals surface area contributed by atoms with Gasteiger partial charge in [0.05, 0.1) is 25.0 Å². The van der Waals surface area contributed by atoms with Crippen molar-refractivity contribution in [1.82, 2.24) is 5.01 Å². The number of fused-ring (bicyclic) bond motifs is 3. The van der Waals surface area contributed by atoms with Crippen LogP contribution in [0.15, 0.2) is 76.3 Å². The molecule has 5 nitrogen and oxygen atoms in total. The molecule has 6 heteroatoms. The van der Waals surface area contributed by atoms with Gasteiger partial charge in [0.1, 0.15) is 17.2 Å². The molecule has 0 saturated carbocycles. The van der Waals surface area contributed by atoms with E-state index in [1.54, 1.807) is 0 Å². The maximum Gasteiger partial charge on any atom is 0.213 e. The molecule has 3 aromatic carbocycles. The second-order valence-corrected chi connectivity index (χ2v) is 10.9. The predicted octanol–water partition coefficient (Wildman–Crippen LogP) is 8.83. The van der Waals surface area contributed by atoms with Crippen molar-refractivity contribution < 1.29 is 14.2 Å². The molecule has 38 heavy (non-hydrogen) atoms. The standard InChI is InChI=1S/C32H37BrN2O3/c1-3-5-6-7-8-9-20-37-27-17-12-24(13-18-27)32-35-30(28-21-25(33)14-19-31(28)38-32)22-29(34-35)23-10-15-26(16-11-23)36-4-2/h10-19,21,30,32H,3-9,20,22H2,1-2H3. The van der Waals surface area contributed by atoms with Crippen molar-refractivity contribution in [3.8, 4) is 17.2 Å². The normalized spacial score (nSPS) is 17.9. The first-order valence-electron chi connectivity index (χ1n) is 13.9. The molecule has 200 valence electrons. The van der Waals surface area contributed by atoms with E-state index in [1.807, 2.05) is 25.1 Å². The third kappa shape index (κ3) is 6.17. The number of rotatable bonds is 12. The number of hydrogen-bond donors (Lipinski definition) is 0. The summed E-state index contributed by atoms with van der Waals surface area (Å²) in [4.78, 5) is 0. The van der Waals surface area contributed by atoms with Gasteiger partial charge in [0.15, 0.2) is 0 Å². The van der Waals surface area contributed by atoms with Gasteiger partial charge in [-0.1, -0.05) is 55.0 Å². The summed E-state index contributed by atoms with van der Waals surface area (Å²) in [6, 6.07) is 22.9. The van der Waals surface area contributed by atoms with Gasteiger partial charge in [-0.15, -0.1) is 0 Å². The van der Waals surface area contributed by atoms with Crippen molar-refractivity contribution in [2.24, 2.45) is 5.10 Å². The second kappa shape index (κ2) is 12.7. The molecule has 0 amide bonds. The average Bonchev–Trinajstić information content (AvgIpc) is 3.39. The smallest absolute Gasteiger partial charge is 0.213 e. The second-order valence-electron chi connectivity index (χ2n) is 9.94. The highest BCUT2D eigenvalue weighted by Crippen LogP contribution is 2.48. The summed E-state index contributed by atoms with van der Waals surface area (Å²) in [6.07, 6.45) is 8.07. The van der Waals surface area contributed by atoms with E-state index in [2.05, 4.69) is 76.4 Å². The van der Waals surface area contributed by atoms with E-state index in [0.717, 1.165) is 63.6 Å². The zero-order valence-corrected chi connectivity index (χ0v) is 24.0. The summed E-state index contributed by atoms with van der Waals surface area (Å²) in [5.41, 5.74) is 4.38. The number of benzene rings is 3. The first-order valence-corrected chi connectivity index (χ1v) is 14.7. The minimum absolute atomic E-state index is 0.103. The zero-order chi connectivity index (χ0) is 26.3. The lowest BCUT2D eigenvalue weighted by molar-refractivity contribution is -0.0191. The fourth-order valence-corrected chi connectivity index (χ4v) is 5.54. The van der Waals surface area contributed by atoms with Gasteiger partial charge >= 0.3 is 0 Å². The maximum absolute atomic E-state index is 6.54. The Labute approximate surface area is 234 Å². The molecular weight excluding hydrogens is 540 g/mol. The number of unbranched alkanes of at least 4 members (excludes halogenated alkanes) is 5. The summed E-state index contributed by atoms with van der Waals surface area (Å²) in [7, 11) is 0. The lowest BCUT2D eigenvalue weighted by Gasteiger charge is -2.38. The number of halogens is 1. The van der Waals surface area contributed by atoms with Crippen LogP contribution < -0.4 is 14.2 Å². The van der Waals surface area contributed by atoms with Gasteiger partial charge in [-0.2, -0.15) is 5.10 Å². The molecule has 5 rings (SSSR count). The van der Waals surface area contributed by atoms with Crippen molar-refractivity contribution in [1.29, 1.82) is 0 Å². The van der Waals surface area contributed by atoms with Crippen molar-refractivity contribution >= 4 is 21.6 Å². The highest BCUT2D eigenvalue weighted by Gasteiger charge is 2.41. The summed E-state index contributed by atoms with van der Waals surface area (Å²) < 4.78 is 19.2. The first-order chi connectivity index (χ1) is 18.7. The van der Waals surface area contributed by atoms with Crippen LogP contribution in [0.1, 0.15) is 87.8 Å². The van der Waals surface area contributed by atoms with Crippen LogP contribution in [-0.4, -0.2) is 23.9 Å². The van der Waals surface area contributed by atoms with Crippen LogP contribution in [0, 0.1) is 0 Å². The van der Waals surface area contributed by atoms with Crippen LogP contribution in [0.25, 0.3) is 0 Å². The lowest BCUT2D eigenvalue weighted by Crippen LogP contribution is -2.33. The number of hydrogen-bond acceptors (Lipinski definition) is 5. The molecule has 2 aliphatic heterocycles. The molecule has 0 saturated heterocycles. The van der Waals surface area contributed by atoms with Crippen LogP contribution in [0.4, 0.5) is 0 Å². The van der Waals surface area contributed by atoms with E-state index < -0.39 is 0 Å². The van der Waals surface area contributed by atoms with Crippen LogP contribution in [0.5, 0.6) is 17.2 Å². The Morgan fingerprint density at radius 2 is 1.58 bits per heavy atom. The van der Waals surface area contributed by atoms with Crippen molar-refractivity contribution in [2.45, 2.75) is 71.1 Å². The predicted molar refractivity (Wildman–Crippen MR) is 156 cm³/mol. The minimum Gasteiger partial charge on any atom is -0.494 e. The third-order valence-corrected chi connectivity index (χ3v) is 7.68. The number of nitrogens with zero attached hydrogens (tertiary/aromatic N) is 2. The van der Waals surface area contributed by atoms with E-state index in [9.17, 15) is 0 Å². The molecule has 0 fully saturated rings. The monoisotopic (exact) mass is 576 g/mol. The number of ether oxygens (including phenoxy) is 3. The summed E-state index contributed by atoms with van der Waals surface area (Å²) in [6.45, 7) is 5.66. The Kier molecular flexibility index (Phi) is 8.90. The zero-order valence-electron chi connectivity index (χ0n) is 22.4. The van der Waals surface area contributed by atoms with Gasteiger partial charge in [-0.25, -0.2) is 5.01 Å². The molecule has 0 aliphatic carbocycles. The average molecular weight is 578 g/mol. The summed E-state index contributed by atoms with van der Waals surface area (Å²) in [5, 5.41) is 7.21. The molecule has 0 radical (unpaired) electrons. The van der Waals surface area contributed by atoms with Gasteiger partial charge in [0, 0.05) is 22.0 Å². The van der Waals surface area contributed by atoms with E-state index in [4.69, 9.17) is 19.3 Å².